The Hall–Kier alpha value is -1.05. The molecule has 1 radical (unpaired) electrons. The number of rotatable bonds is 4. The highest BCUT2D eigenvalue weighted by molar-refractivity contribution is 4.89. The lowest BCUT2D eigenvalue weighted by Crippen LogP contribution is -1.86. The molecule has 1 aromatic heterocycles. The molecule has 0 aliphatic heterocycles. The van der Waals surface area contributed by atoms with Crippen molar-refractivity contribution in [2.24, 2.45) is 0 Å². The standard InChI is InChI=1S/C9H13N2/c1-2-3-4-5-6-9-10-7-8-11-9/h2-3,7-8H,1,4-6H2,(H,10,11). The van der Waals surface area contributed by atoms with Gasteiger partial charge in [-0.2, -0.15) is 0 Å². The normalized spacial score (nSPS) is 11.0. The van der Waals surface area contributed by atoms with Crippen LogP contribution in [0.1, 0.15) is 18.7 Å². The van der Waals surface area contributed by atoms with E-state index >= 15 is 0 Å². The number of nitrogens with zero attached hydrogens (tertiary/aromatic N) is 1. The van der Waals surface area contributed by atoms with Crippen LogP contribution in [0.25, 0.3) is 0 Å². The second-order valence-electron chi connectivity index (χ2n) is 2.40. The molecule has 1 rings (SSSR count). The van der Waals surface area contributed by atoms with Gasteiger partial charge in [-0.3, -0.25) is 0 Å². The molecule has 1 N–H and O–H groups in total. The van der Waals surface area contributed by atoms with Crippen LogP contribution in [0.4, 0.5) is 0 Å². The second kappa shape index (κ2) is 4.72. The van der Waals surface area contributed by atoms with E-state index in [1.165, 1.54) is 0 Å². The van der Waals surface area contributed by atoms with Gasteiger partial charge in [-0.1, -0.05) is 12.2 Å². The Morgan fingerprint density at radius 1 is 1.64 bits per heavy atom. The van der Waals surface area contributed by atoms with E-state index in [4.69, 9.17) is 0 Å². The van der Waals surface area contributed by atoms with Crippen LogP contribution in [0.15, 0.2) is 24.5 Å². The number of hydrogen-bond acceptors (Lipinski definition) is 1. The van der Waals surface area contributed by atoms with Gasteiger partial charge in [-0.05, 0) is 19.8 Å². The van der Waals surface area contributed by atoms with Gasteiger partial charge in [0.1, 0.15) is 5.82 Å². The molecule has 2 nitrogen and oxygen atoms in total. The minimum atomic E-state index is 1.03. The first-order valence-electron chi connectivity index (χ1n) is 3.86. The average molecular weight is 149 g/mol. The molecular weight excluding hydrogens is 136 g/mol. The first-order chi connectivity index (χ1) is 5.43. The minimum absolute atomic E-state index is 1.03. The number of aryl methyl sites for hydroxylation is 1. The Balaban J connectivity index is 2.14. The number of aromatic nitrogens is 2. The van der Waals surface area contributed by atoms with Crippen molar-refractivity contribution in [1.82, 2.24) is 9.97 Å². The van der Waals surface area contributed by atoms with Crippen molar-refractivity contribution in [2.45, 2.75) is 19.3 Å². The molecule has 1 heterocycles. The van der Waals surface area contributed by atoms with E-state index in [0.717, 1.165) is 25.1 Å². The van der Waals surface area contributed by atoms with Gasteiger partial charge < -0.3 is 4.98 Å². The molecule has 2 heteroatoms. The molecule has 0 aliphatic carbocycles. The monoisotopic (exact) mass is 149 g/mol. The fraction of sp³-hybridized carbons (Fsp3) is 0.333. The van der Waals surface area contributed by atoms with Crippen molar-refractivity contribution < 1.29 is 0 Å². The van der Waals surface area contributed by atoms with Crippen LogP contribution < -0.4 is 0 Å². The van der Waals surface area contributed by atoms with Crippen LogP contribution >= 0.6 is 0 Å². The van der Waals surface area contributed by atoms with Gasteiger partial charge in [-0.25, -0.2) is 4.98 Å². The Labute approximate surface area is 67.4 Å². The van der Waals surface area contributed by atoms with E-state index in [2.05, 4.69) is 23.0 Å². The first kappa shape index (κ1) is 8.05. The summed E-state index contributed by atoms with van der Waals surface area (Å²) in [6.07, 6.45) is 10.8. The summed E-state index contributed by atoms with van der Waals surface area (Å²) in [5.41, 5.74) is 0. The second-order valence-corrected chi connectivity index (χ2v) is 2.40. The third-order valence-corrected chi connectivity index (χ3v) is 1.51. The molecule has 0 aromatic carbocycles. The Morgan fingerprint density at radius 3 is 3.18 bits per heavy atom. The largest absolute Gasteiger partial charge is 0.349 e. The van der Waals surface area contributed by atoms with Gasteiger partial charge in [0.15, 0.2) is 0 Å². The highest BCUT2D eigenvalue weighted by Gasteiger charge is 1.91. The van der Waals surface area contributed by atoms with Gasteiger partial charge in [0.25, 0.3) is 0 Å². The minimum Gasteiger partial charge on any atom is -0.349 e. The third kappa shape index (κ3) is 3.03. The summed E-state index contributed by atoms with van der Waals surface area (Å²) in [5.74, 6) is 1.07. The number of imidazole rings is 1. The van der Waals surface area contributed by atoms with E-state index < -0.39 is 0 Å². The summed E-state index contributed by atoms with van der Waals surface area (Å²) in [6, 6.07) is 0. The van der Waals surface area contributed by atoms with E-state index in [1.54, 1.807) is 6.20 Å². The van der Waals surface area contributed by atoms with Gasteiger partial charge in [0.05, 0.1) is 0 Å². The lowest BCUT2D eigenvalue weighted by atomic mass is 10.2. The molecule has 0 spiro atoms. The quantitative estimate of drug-likeness (QED) is 0.653. The zero-order valence-corrected chi connectivity index (χ0v) is 6.59. The molecule has 0 saturated carbocycles. The topological polar surface area (TPSA) is 28.7 Å². The highest BCUT2D eigenvalue weighted by Crippen LogP contribution is 1.98. The predicted octanol–water partition coefficient (Wildman–Crippen LogP) is 2.12. The number of hydrogen-bond donors (Lipinski definition) is 1. The van der Waals surface area contributed by atoms with Gasteiger partial charge in [-0.15, -0.1) is 0 Å². The van der Waals surface area contributed by atoms with Crippen LogP contribution in [0.2, 0.25) is 0 Å². The van der Waals surface area contributed by atoms with E-state index in [0.29, 0.717) is 0 Å². The van der Waals surface area contributed by atoms with Crippen molar-refractivity contribution in [3.05, 3.63) is 37.3 Å². The van der Waals surface area contributed by atoms with Gasteiger partial charge >= 0.3 is 0 Å². The lowest BCUT2D eigenvalue weighted by Gasteiger charge is -1.91. The first-order valence-corrected chi connectivity index (χ1v) is 3.86. The van der Waals surface area contributed by atoms with Gasteiger partial charge in [0.2, 0.25) is 0 Å². The van der Waals surface area contributed by atoms with Crippen molar-refractivity contribution in [3.8, 4) is 0 Å². The highest BCUT2D eigenvalue weighted by atomic mass is 14.9. The Bertz CT molecular complexity index is 199. The smallest absolute Gasteiger partial charge is 0.106 e. The van der Waals surface area contributed by atoms with Crippen LogP contribution in [0.3, 0.4) is 0 Å². The maximum absolute atomic E-state index is 4.12. The van der Waals surface area contributed by atoms with E-state index in [1.807, 2.05) is 12.3 Å². The van der Waals surface area contributed by atoms with Crippen molar-refractivity contribution in [3.63, 3.8) is 0 Å². The van der Waals surface area contributed by atoms with Crippen molar-refractivity contribution in [1.29, 1.82) is 0 Å². The van der Waals surface area contributed by atoms with Crippen LogP contribution in [-0.2, 0) is 6.42 Å². The predicted molar refractivity (Wildman–Crippen MR) is 46.0 cm³/mol. The molecule has 0 bridgehead atoms. The number of unbranched alkanes of at least 4 members (excludes halogenated alkanes) is 1. The molecule has 0 aliphatic rings. The molecule has 0 saturated heterocycles. The number of nitrogens with one attached hydrogen (secondary N) is 1. The maximum atomic E-state index is 4.12. The molecule has 0 amide bonds. The number of allylic oxidation sites excluding steroid dienone is 2. The third-order valence-electron chi connectivity index (χ3n) is 1.51. The van der Waals surface area contributed by atoms with Crippen LogP contribution in [-0.4, -0.2) is 9.97 Å². The fourth-order valence-corrected chi connectivity index (χ4v) is 0.940. The molecule has 0 unspecified atom stereocenters. The zero-order chi connectivity index (χ0) is 7.94. The number of H-pyrrole nitrogens is 1. The molecule has 0 atom stereocenters. The molecule has 1 aromatic rings. The van der Waals surface area contributed by atoms with E-state index in [-0.39, 0.29) is 0 Å². The summed E-state index contributed by atoms with van der Waals surface area (Å²) in [6.45, 7) is 3.62. The summed E-state index contributed by atoms with van der Waals surface area (Å²) in [5, 5.41) is 0. The molecular formula is C9H13N2. The van der Waals surface area contributed by atoms with Crippen molar-refractivity contribution >= 4 is 0 Å². The number of aromatic amines is 1. The Morgan fingerprint density at radius 2 is 2.55 bits per heavy atom. The maximum Gasteiger partial charge on any atom is 0.106 e. The fourth-order valence-electron chi connectivity index (χ4n) is 0.940. The SMILES string of the molecule is [CH2]C=CCCCc1ncc[nH]1. The lowest BCUT2D eigenvalue weighted by molar-refractivity contribution is 0.799. The Kier molecular flexibility index (Phi) is 3.45. The molecule has 11 heavy (non-hydrogen) atoms. The van der Waals surface area contributed by atoms with Gasteiger partial charge in [0, 0.05) is 18.8 Å². The summed E-state index contributed by atoms with van der Waals surface area (Å²) in [7, 11) is 0. The van der Waals surface area contributed by atoms with Crippen LogP contribution in [0, 0.1) is 6.92 Å². The average Bonchev–Trinajstić information content (AvgIpc) is 2.50. The summed E-state index contributed by atoms with van der Waals surface area (Å²) in [4.78, 5) is 7.18. The summed E-state index contributed by atoms with van der Waals surface area (Å²) >= 11 is 0. The zero-order valence-electron chi connectivity index (χ0n) is 6.59. The summed E-state index contributed by atoms with van der Waals surface area (Å²) < 4.78 is 0. The molecule has 59 valence electrons. The van der Waals surface area contributed by atoms with Crippen LogP contribution in [0.5, 0.6) is 0 Å². The van der Waals surface area contributed by atoms with E-state index in [9.17, 15) is 0 Å². The van der Waals surface area contributed by atoms with Crippen molar-refractivity contribution in [2.75, 3.05) is 0 Å². The molecule has 0 fully saturated rings.